The first-order chi connectivity index (χ1) is 10.0. The summed E-state index contributed by atoms with van der Waals surface area (Å²) in [5, 5.41) is 11.4. The van der Waals surface area contributed by atoms with E-state index in [4.69, 9.17) is 0 Å². The van der Waals surface area contributed by atoms with Crippen LogP contribution in [0.1, 0.15) is 32.4 Å². The van der Waals surface area contributed by atoms with Gasteiger partial charge in [0.1, 0.15) is 0 Å². The van der Waals surface area contributed by atoms with Crippen molar-refractivity contribution in [3.63, 3.8) is 0 Å². The predicted molar refractivity (Wildman–Crippen MR) is 97.8 cm³/mol. The molecule has 1 aromatic heterocycles. The summed E-state index contributed by atoms with van der Waals surface area (Å²) in [7, 11) is 0. The van der Waals surface area contributed by atoms with Crippen LogP contribution in [-0.4, -0.2) is 35.9 Å². The number of rotatable bonds is 5. The highest BCUT2D eigenvalue weighted by molar-refractivity contribution is 7.13. The Labute approximate surface area is 153 Å². The lowest BCUT2D eigenvalue weighted by atomic mass is 10.1. The molecule has 0 saturated carbocycles. The van der Waals surface area contributed by atoms with Gasteiger partial charge in [-0.3, -0.25) is 9.59 Å². The van der Waals surface area contributed by atoms with Crippen molar-refractivity contribution in [3.05, 3.63) is 11.1 Å². The van der Waals surface area contributed by atoms with Gasteiger partial charge in [0, 0.05) is 23.9 Å². The minimum absolute atomic E-state index is 0. The predicted octanol–water partition coefficient (Wildman–Crippen LogP) is 1.99. The number of hydrogen-bond donors (Lipinski definition) is 3. The highest BCUT2D eigenvalue weighted by atomic mass is 35.5. The van der Waals surface area contributed by atoms with Gasteiger partial charge < -0.3 is 16.0 Å². The third-order valence-electron chi connectivity index (χ3n) is 3.31. The Kier molecular flexibility index (Phi) is 10.4. The van der Waals surface area contributed by atoms with Gasteiger partial charge in [-0.25, -0.2) is 4.98 Å². The molecule has 1 aliphatic rings. The fourth-order valence-electron chi connectivity index (χ4n) is 2.11. The molecular weight excluding hydrogens is 359 g/mol. The number of halogens is 2. The van der Waals surface area contributed by atoms with E-state index in [0.717, 1.165) is 25.9 Å². The molecule has 0 aliphatic carbocycles. The molecular formula is C14H24Cl2N4O2S. The molecule has 0 aromatic carbocycles. The number of hydrogen-bond acceptors (Lipinski definition) is 5. The maximum atomic E-state index is 12.0. The lowest BCUT2D eigenvalue weighted by molar-refractivity contribution is -0.121. The Morgan fingerprint density at radius 1 is 1.43 bits per heavy atom. The number of carbonyl (C=O) groups is 2. The van der Waals surface area contributed by atoms with Crippen LogP contribution in [0.25, 0.3) is 0 Å². The highest BCUT2D eigenvalue weighted by Gasteiger charge is 2.16. The Balaban J connectivity index is 0.00000242. The van der Waals surface area contributed by atoms with Crippen LogP contribution >= 0.6 is 36.2 Å². The van der Waals surface area contributed by atoms with E-state index in [1.807, 2.05) is 19.2 Å². The van der Waals surface area contributed by atoms with Crippen LogP contribution in [0.2, 0.25) is 0 Å². The zero-order chi connectivity index (χ0) is 15.2. The number of amides is 2. The number of nitrogens with one attached hydrogen (secondary N) is 3. The average Bonchev–Trinajstić information content (AvgIpc) is 2.86. The second-order valence-electron chi connectivity index (χ2n) is 5.58. The molecule has 23 heavy (non-hydrogen) atoms. The lowest BCUT2D eigenvalue weighted by Crippen LogP contribution is -2.46. The topological polar surface area (TPSA) is 83.1 Å². The van der Waals surface area contributed by atoms with E-state index >= 15 is 0 Å². The standard InChI is InChI=1S/C14H22N4O2S.2ClH/c1-9(2)13(20)18-14-17-11(8-21-14)6-12(19)16-10-4-3-5-15-7-10;;/h8-10,15H,3-7H2,1-2H3,(H,16,19)(H,17,18,20);2*1H. The van der Waals surface area contributed by atoms with Gasteiger partial charge >= 0.3 is 0 Å². The molecule has 1 aliphatic heterocycles. The van der Waals surface area contributed by atoms with Gasteiger partial charge in [0.25, 0.3) is 0 Å². The van der Waals surface area contributed by atoms with Crippen LogP contribution in [0.15, 0.2) is 5.38 Å². The van der Waals surface area contributed by atoms with Crippen LogP contribution in [0.4, 0.5) is 5.13 Å². The van der Waals surface area contributed by atoms with E-state index in [1.165, 1.54) is 11.3 Å². The molecule has 0 radical (unpaired) electrons. The zero-order valence-corrected chi connectivity index (χ0v) is 15.7. The third kappa shape index (κ3) is 7.48. The monoisotopic (exact) mass is 382 g/mol. The van der Waals surface area contributed by atoms with Gasteiger partial charge in [0.2, 0.25) is 11.8 Å². The Morgan fingerprint density at radius 3 is 2.78 bits per heavy atom. The number of piperidine rings is 1. The van der Waals surface area contributed by atoms with E-state index in [0.29, 0.717) is 10.8 Å². The number of aromatic nitrogens is 1. The molecule has 132 valence electrons. The fraction of sp³-hybridized carbons (Fsp3) is 0.643. The Bertz CT molecular complexity index is 505. The summed E-state index contributed by atoms with van der Waals surface area (Å²) in [4.78, 5) is 27.8. The van der Waals surface area contributed by atoms with Gasteiger partial charge in [0.05, 0.1) is 12.1 Å². The summed E-state index contributed by atoms with van der Waals surface area (Å²) >= 11 is 1.35. The largest absolute Gasteiger partial charge is 0.352 e. The van der Waals surface area contributed by atoms with Crippen molar-refractivity contribution in [2.24, 2.45) is 5.92 Å². The van der Waals surface area contributed by atoms with Gasteiger partial charge in [0.15, 0.2) is 5.13 Å². The number of anilines is 1. The number of thiazole rings is 1. The second-order valence-corrected chi connectivity index (χ2v) is 6.43. The molecule has 3 N–H and O–H groups in total. The molecule has 2 rings (SSSR count). The van der Waals surface area contributed by atoms with Gasteiger partial charge in [-0.15, -0.1) is 36.2 Å². The first-order valence-corrected chi connectivity index (χ1v) is 8.18. The first-order valence-electron chi connectivity index (χ1n) is 7.30. The van der Waals surface area contributed by atoms with Crippen molar-refractivity contribution in [2.75, 3.05) is 18.4 Å². The van der Waals surface area contributed by atoms with Crippen LogP contribution in [0, 0.1) is 5.92 Å². The van der Waals surface area contributed by atoms with E-state index in [1.54, 1.807) is 0 Å². The molecule has 1 aromatic rings. The summed E-state index contributed by atoms with van der Waals surface area (Å²) in [5.41, 5.74) is 0.695. The van der Waals surface area contributed by atoms with E-state index in [-0.39, 0.29) is 55.0 Å². The first kappa shape index (κ1) is 22.1. The molecule has 1 fully saturated rings. The van der Waals surface area contributed by atoms with Crippen molar-refractivity contribution in [1.29, 1.82) is 0 Å². The van der Waals surface area contributed by atoms with Gasteiger partial charge in [-0.05, 0) is 19.4 Å². The van der Waals surface area contributed by atoms with Crippen LogP contribution in [-0.2, 0) is 16.0 Å². The Hall–Kier alpha value is -0.890. The second kappa shape index (κ2) is 10.8. The quantitative estimate of drug-likeness (QED) is 0.726. The smallest absolute Gasteiger partial charge is 0.228 e. The average molecular weight is 383 g/mol. The molecule has 2 amide bonds. The normalized spacial score (nSPS) is 16.9. The van der Waals surface area contributed by atoms with Crippen molar-refractivity contribution < 1.29 is 9.59 Å². The zero-order valence-electron chi connectivity index (χ0n) is 13.3. The van der Waals surface area contributed by atoms with Crippen LogP contribution in [0.5, 0.6) is 0 Å². The molecule has 0 spiro atoms. The van der Waals surface area contributed by atoms with Crippen molar-refractivity contribution in [3.8, 4) is 0 Å². The summed E-state index contributed by atoms with van der Waals surface area (Å²) in [6.07, 6.45) is 2.36. The fourth-order valence-corrected chi connectivity index (χ4v) is 2.83. The molecule has 0 bridgehead atoms. The lowest BCUT2D eigenvalue weighted by Gasteiger charge is -2.23. The van der Waals surface area contributed by atoms with Crippen molar-refractivity contribution in [2.45, 2.75) is 39.2 Å². The minimum Gasteiger partial charge on any atom is -0.352 e. The molecule has 9 heteroatoms. The van der Waals surface area contributed by atoms with E-state index < -0.39 is 0 Å². The molecule has 1 unspecified atom stereocenters. The maximum Gasteiger partial charge on any atom is 0.228 e. The summed E-state index contributed by atoms with van der Waals surface area (Å²) in [6, 6.07) is 0.213. The SMILES string of the molecule is CC(C)C(=O)Nc1nc(CC(=O)NC2CCCNC2)cs1.Cl.Cl. The summed E-state index contributed by atoms with van der Waals surface area (Å²) in [5.74, 6) is -0.163. The molecule has 2 heterocycles. The van der Waals surface area contributed by atoms with Crippen molar-refractivity contribution in [1.82, 2.24) is 15.6 Å². The Morgan fingerprint density at radius 2 is 2.17 bits per heavy atom. The van der Waals surface area contributed by atoms with Gasteiger partial charge in [-0.1, -0.05) is 13.8 Å². The van der Waals surface area contributed by atoms with E-state index in [2.05, 4.69) is 20.9 Å². The minimum atomic E-state index is -0.0838. The van der Waals surface area contributed by atoms with Crippen LogP contribution < -0.4 is 16.0 Å². The molecule has 6 nitrogen and oxygen atoms in total. The molecule has 1 atom stereocenters. The number of carbonyl (C=O) groups excluding carboxylic acids is 2. The van der Waals surface area contributed by atoms with Gasteiger partial charge in [-0.2, -0.15) is 0 Å². The van der Waals surface area contributed by atoms with E-state index in [9.17, 15) is 9.59 Å². The highest BCUT2D eigenvalue weighted by Crippen LogP contribution is 2.16. The summed E-state index contributed by atoms with van der Waals surface area (Å²) < 4.78 is 0. The maximum absolute atomic E-state index is 12.0. The molecule has 1 saturated heterocycles. The summed E-state index contributed by atoms with van der Waals surface area (Å²) in [6.45, 7) is 5.51. The number of nitrogens with zero attached hydrogens (tertiary/aromatic N) is 1. The third-order valence-corrected chi connectivity index (χ3v) is 4.12. The van der Waals surface area contributed by atoms with Crippen LogP contribution in [0.3, 0.4) is 0 Å². The van der Waals surface area contributed by atoms with Crippen molar-refractivity contribution >= 4 is 53.1 Å².